The predicted molar refractivity (Wildman–Crippen MR) is 90.0 cm³/mol. The average Bonchev–Trinajstić information content (AvgIpc) is 2.48. The van der Waals surface area contributed by atoms with Gasteiger partial charge in [-0.25, -0.2) is 9.97 Å². The minimum absolute atomic E-state index is 0.670. The van der Waals surface area contributed by atoms with Gasteiger partial charge in [0.05, 0.1) is 16.9 Å². The number of aromatic nitrogens is 2. The summed E-state index contributed by atoms with van der Waals surface area (Å²) in [6, 6.07) is 5.70. The van der Waals surface area contributed by atoms with E-state index in [1.54, 1.807) is 12.4 Å². The maximum atomic E-state index is 6.26. The molecule has 3 rings (SSSR count). The molecular weight excluding hydrogens is 354 g/mol. The molecule has 7 heteroatoms. The topological polar surface area (TPSA) is 58.3 Å². The second-order valence-electron chi connectivity index (χ2n) is 4.88. The van der Waals surface area contributed by atoms with E-state index in [0.717, 1.165) is 42.3 Å². The van der Waals surface area contributed by atoms with Crippen molar-refractivity contribution < 1.29 is 0 Å². The molecule has 21 heavy (non-hydrogen) atoms. The largest absolute Gasteiger partial charge is 0.397 e. The molecule has 0 saturated carbocycles. The number of hydrogen-bond acceptors (Lipinski definition) is 5. The zero-order valence-electron chi connectivity index (χ0n) is 11.3. The molecule has 1 aliphatic heterocycles. The number of piperazine rings is 1. The first-order valence-corrected chi connectivity index (χ1v) is 7.83. The van der Waals surface area contributed by atoms with Gasteiger partial charge in [0, 0.05) is 36.8 Å². The number of rotatable bonds is 2. The highest BCUT2D eigenvalue weighted by Gasteiger charge is 2.20. The van der Waals surface area contributed by atoms with E-state index in [1.165, 1.54) is 0 Å². The molecule has 0 bridgehead atoms. The molecule has 1 saturated heterocycles. The molecule has 2 N–H and O–H groups in total. The van der Waals surface area contributed by atoms with Crippen molar-refractivity contribution in [1.29, 1.82) is 0 Å². The van der Waals surface area contributed by atoms with Gasteiger partial charge in [-0.2, -0.15) is 0 Å². The summed E-state index contributed by atoms with van der Waals surface area (Å²) in [7, 11) is 0. The Bertz CT molecular complexity index is 626. The fraction of sp³-hybridized carbons (Fsp3) is 0.286. The van der Waals surface area contributed by atoms with E-state index in [4.69, 9.17) is 17.3 Å². The molecule has 2 aromatic rings. The molecule has 5 nitrogen and oxygen atoms in total. The molecule has 0 unspecified atom stereocenters. The number of hydrogen-bond donors (Lipinski definition) is 1. The van der Waals surface area contributed by atoms with Crippen LogP contribution in [0.5, 0.6) is 0 Å². The third-order valence-electron chi connectivity index (χ3n) is 3.46. The Labute approximate surface area is 136 Å². The van der Waals surface area contributed by atoms with Gasteiger partial charge in [-0.1, -0.05) is 11.6 Å². The summed E-state index contributed by atoms with van der Waals surface area (Å²) in [4.78, 5) is 13.2. The number of anilines is 3. The quantitative estimate of drug-likeness (QED) is 0.883. The highest BCUT2D eigenvalue weighted by Crippen LogP contribution is 2.27. The van der Waals surface area contributed by atoms with Crippen LogP contribution < -0.4 is 15.5 Å². The van der Waals surface area contributed by atoms with E-state index in [9.17, 15) is 0 Å². The first kappa shape index (κ1) is 14.4. The van der Waals surface area contributed by atoms with Gasteiger partial charge in [-0.3, -0.25) is 0 Å². The fourth-order valence-electron chi connectivity index (χ4n) is 2.37. The van der Waals surface area contributed by atoms with Crippen LogP contribution in [0.3, 0.4) is 0 Å². The molecule has 0 radical (unpaired) electrons. The minimum Gasteiger partial charge on any atom is -0.397 e. The molecule has 1 fully saturated rings. The van der Waals surface area contributed by atoms with Gasteiger partial charge in [-0.05, 0) is 34.1 Å². The van der Waals surface area contributed by atoms with Crippen LogP contribution >= 0.6 is 27.5 Å². The van der Waals surface area contributed by atoms with Gasteiger partial charge in [0.25, 0.3) is 0 Å². The monoisotopic (exact) mass is 367 g/mol. The predicted octanol–water partition coefficient (Wildman–Crippen LogP) is 2.80. The Balaban J connectivity index is 1.68. The molecule has 0 amide bonds. The van der Waals surface area contributed by atoms with Crippen molar-refractivity contribution in [3.8, 4) is 0 Å². The van der Waals surface area contributed by atoms with Gasteiger partial charge in [0.1, 0.15) is 11.6 Å². The molecule has 2 aromatic heterocycles. The molecule has 0 spiro atoms. The second-order valence-corrected chi connectivity index (χ2v) is 6.21. The maximum Gasteiger partial charge on any atom is 0.147 e. The van der Waals surface area contributed by atoms with Crippen LogP contribution in [-0.2, 0) is 0 Å². The third kappa shape index (κ3) is 3.22. The van der Waals surface area contributed by atoms with Crippen LogP contribution in [0.15, 0.2) is 35.1 Å². The maximum absolute atomic E-state index is 6.26. The van der Waals surface area contributed by atoms with E-state index in [0.29, 0.717) is 10.7 Å². The van der Waals surface area contributed by atoms with Crippen molar-refractivity contribution >= 4 is 44.9 Å². The van der Waals surface area contributed by atoms with Crippen molar-refractivity contribution in [2.45, 2.75) is 0 Å². The highest BCUT2D eigenvalue weighted by molar-refractivity contribution is 9.10. The first-order chi connectivity index (χ1) is 10.1. The Hall–Kier alpha value is -1.53. The van der Waals surface area contributed by atoms with E-state index in [2.05, 4.69) is 35.7 Å². The lowest BCUT2D eigenvalue weighted by molar-refractivity contribution is 0.642. The van der Waals surface area contributed by atoms with E-state index in [-0.39, 0.29) is 0 Å². The van der Waals surface area contributed by atoms with Crippen LogP contribution in [-0.4, -0.2) is 36.1 Å². The van der Waals surface area contributed by atoms with Crippen LogP contribution in [0.2, 0.25) is 5.02 Å². The van der Waals surface area contributed by atoms with E-state index >= 15 is 0 Å². The van der Waals surface area contributed by atoms with Gasteiger partial charge in [0.15, 0.2) is 0 Å². The van der Waals surface area contributed by atoms with Crippen molar-refractivity contribution in [3.05, 3.63) is 40.1 Å². The SMILES string of the molecule is Nc1ccc(N2CCN(c3ncc(Br)cc3Cl)CC2)nc1. The van der Waals surface area contributed by atoms with E-state index in [1.807, 2.05) is 18.2 Å². The molecule has 3 heterocycles. The summed E-state index contributed by atoms with van der Waals surface area (Å²) >= 11 is 9.63. The molecule has 0 atom stereocenters. The van der Waals surface area contributed by atoms with Gasteiger partial charge >= 0.3 is 0 Å². The Kier molecular flexibility index (Phi) is 4.17. The van der Waals surface area contributed by atoms with Crippen LogP contribution in [0, 0.1) is 0 Å². The molecular formula is C14H15BrClN5. The van der Waals surface area contributed by atoms with Crippen LogP contribution in [0.25, 0.3) is 0 Å². The number of nitrogens with two attached hydrogens (primary N) is 1. The Morgan fingerprint density at radius 1 is 1.05 bits per heavy atom. The zero-order chi connectivity index (χ0) is 14.8. The summed E-state index contributed by atoms with van der Waals surface area (Å²) in [5.74, 6) is 1.79. The number of halogens is 2. The minimum atomic E-state index is 0.670. The Morgan fingerprint density at radius 2 is 1.76 bits per heavy atom. The van der Waals surface area contributed by atoms with Gasteiger partial charge in [-0.15, -0.1) is 0 Å². The highest BCUT2D eigenvalue weighted by atomic mass is 79.9. The van der Waals surface area contributed by atoms with Crippen molar-refractivity contribution in [1.82, 2.24) is 9.97 Å². The summed E-state index contributed by atoms with van der Waals surface area (Å²) in [6.07, 6.45) is 3.46. The number of nitrogens with zero attached hydrogens (tertiary/aromatic N) is 4. The van der Waals surface area contributed by atoms with Crippen molar-refractivity contribution in [2.75, 3.05) is 41.7 Å². The third-order valence-corrected chi connectivity index (χ3v) is 4.17. The lowest BCUT2D eigenvalue weighted by Gasteiger charge is -2.36. The number of pyridine rings is 2. The Morgan fingerprint density at radius 3 is 2.38 bits per heavy atom. The van der Waals surface area contributed by atoms with E-state index < -0.39 is 0 Å². The molecule has 110 valence electrons. The van der Waals surface area contributed by atoms with Crippen molar-refractivity contribution in [3.63, 3.8) is 0 Å². The van der Waals surface area contributed by atoms with Crippen LogP contribution in [0.4, 0.5) is 17.3 Å². The fourth-order valence-corrected chi connectivity index (χ4v) is 3.12. The second kappa shape index (κ2) is 6.07. The lowest BCUT2D eigenvalue weighted by Crippen LogP contribution is -2.47. The average molecular weight is 369 g/mol. The smallest absolute Gasteiger partial charge is 0.147 e. The summed E-state index contributed by atoms with van der Waals surface area (Å²) < 4.78 is 0.890. The molecule has 0 aromatic carbocycles. The first-order valence-electron chi connectivity index (χ1n) is 6.66. The lowest BCUT2D eigenvalue weighted by atomic mass is 10.3. The van der Waals surface area contributed by atoms with Gasteiger partial charge in [0.2, 0.25) is 0 Å². The zero-order valence-corrected chi connectivity index (χ0v) is 13.7. The summed E-state index contributed by atoms with van der Waals surface area (Å²) in [6.45, 7) is 3.48. The normalized spacial score (nSPS) is 15.3. The molecule has 0 aliphatic carbocycles. The van der Waals surface area contributed by atoms with Crippen LogP contribution in [0.1, 0.15) is 0 Å². The summed E-state index contributed by atoms with van der Waals surface area (Å²) in [5.41, 5.74) is 6.35. The standard InChI is InChI=1S/C14H15BrClN5/c15-10-7-12(16)14(19-8-10)21-5-3-20(4-6-21)13-2-1-11(17)9-18-13/h1-2,7-9H,3-6,17H2. The number of nitrogen functional groups attached to an aromatic ring is 1. The summed E-state index contributed by atoms with van der Waals surface area (Å²) in [5, 5.41) is 0.670. The van der Waals surface area contributed by atoms with Crippen molar-refractivity contribution in [2.24, 2.45) is 0 Å². The van der Waals surface area contributed by atoms with Gasteiger partial charge < -0.3 is 15.5 Å². The molecule has 1 aliphatic rings.